The number of rotatable bonds is 3. The summed E-state index contributed by atoms with van der Waals surface area (Å²) in [6.45, 7) is 4.28. The molecule has 0 radical (unpaired) electrons. The van der Waals surface area contributed by atoms with E-state index < -0.39 is 10.0 Å². The fourth-order valence-electron chi connectivity index (χ4n) is 3.24. The fourth-order valence-corrected chi connectivity index (χ4v) is 5.14. The summed E-state index contributed by atoms with van der Waals surface area (Å²) in [6, 6.07) is 6.40. The Morgan fingerprint density at radius 2 is 2.04 bits per heavy atom. The zero-order valence-corrected chi connectivity index (χ0v) is 14.3. The molecular weight excluding hydrogens is 317 g/mol. The average molecular weight is 337 g/mol. The van der Waals surface area contributed by atoms with Crippen LogP contribution in [0.2, 0.25) is 0 Å². The molecule has 0 bridgehead atoms. The number of aromatic nitrogens is 2. The van der Waals surface area contributed by atoms with Gasteiger partial charge < -0.3 is 0 Å². The van der Waals surface area contributed by atoms with Crippen molar-refractivity contribution >= 4 is 10.0 Å². The van der Waals surface area contributed by atoms with Gasteiger partial charge in [-0.25, -0.2) is 12.8 Å². The molecule has 5 nitrogen and oxygen atoms in total. The highest BCUT2D eigenvalue weighted by atomic mass is 32.2. The zero-order chi connectivity index (χ0) is 16.8. The number of aryl methyl sites for hydroxylation is 2. The van der Waals surface area contributed by atoms with Gasteiger partial charge in [0.05, 0.1) is 11.4 Å². The van der Waals surface area contributed by atoms with Crippen LogP contribution in [-0.4, -0.2) is 35.6 Å². The third kappa shape index (κ3) is 2.79. The molecule has 3 rings (SSSR count). The van der Waals surface area contributed by atoms with E-state index in [2.05, 4.69) is 5.10 Å². The van der Waals surface area contributed by atoms with Gasteiger partial charge in [0, 0.05) is 20.1 Å². The Morgan fingerprint density at radius 3 is 2.65 bits per heavy atom. The topological polar surface area (TPSA) is 55.2 Å². The summed E-state index contributed by atoms with van der Waals surface area (Å²) in [5.74, 6) is -0.263. The van der Waals surface area contributed by atoms with Crippen LogP contribution in [0.4, 0.5) is 4.39 Å². The van der Waals surface area contributed by atoms with E-state index in [0.29, 0.717) is 35.8 Å². The Labute approximate surface area is 135 Å². The van der Waals surface area contributed by atoms with Crippen molar-refractivity contribution in [1.29, 1.82) is 0 Å². The number of sulfonamides is 1. The Morgan fingerprint density at radius 1 is 1.30 bits per heavy atom. The molecule has 1 aliphatic heterocycles. The summed E-state index contributed by atoms with van der Waals surface area (Å²) in [4.78, 5) is 0.292. The fraction of sp³-hybridized carbons (Fsp3) is 0.438. The van der Waals surface area contributed by atoms with Gasteiger partial charge >= 0.3 is 0 Å². The quantitative estimate of drug-likeness (QED) is 0.864. The van der Waals surface area contributed by atoms with Crippen molar-refractivity contribution in [3.05, 3.63) is 47.0 Å². The molecule has 1 aliphatic rings. The van der Waals surface area contributed by atoms with Gasteiger partial charge in [-0.1, -0.05) is 12.1 Å². The van der Waals surface area contributed by atoms with E-state index in [1.165, 1.54) is 16.4 Å². The molecule has 1 fully saturated rings. The van der Waals surface area contributed by atoms with E-state index in [-0.39, 0.29) is 11.7 Å². The monoisotopic (exact) mass is 337 g/mol. The number of hydrogen-bond donors (Lipinski definition) is 0. The highest BCUT2D eigenvalue weighted by Gasteiger charge is 2.36. The SMILES string of the molecule is Cc1nn(C)c(C)c1S(=O)(=O)N1CCC(c2cccc(F)c2)C1. The molecule has 7 heteroatoms. The summed E-state index contributed by atoms with van der Waals surface area (Å²) in [5.41, 5.74) is 2.00. The van der Waals surface area contributed by atoms with Gasteiger partial charge in [0.25, 0.3) is 0 Å². The van der Waals surface area contributed by atoms with E-state index in [0.717, 1.165) is 5.56 Å². The molecule has 2 aromatic rings. The number of halogens is 1. The third-order valence-corrected chi connectivity index (χ3v) is 6.63. The van der Waals surface area contributed by atoms with E-state index >= 15 is 0 Å². The van der Waals surface area contributed by atoms with Crippen molar-refractivity contribution in [2.45, 2.75) is 31.1 Å². The van der Waals surface area contributed by atoms with Crippen LogP contribution in [0.15, 0.2) is 29.2 Å². The highest BCUT2D eigenvalue weighted by molar-refractivity contribution is 7.89. The van der Waals surface area contributed by atoms with Gasteiger partial charge in [-0.3, -0.25) is 4.68 Å². The van der Waals surface area contributed by atoms with E-state index in [4.69, 9.17) is 0 Å². The van der Waals surface area contributed by atoms with Crippen LogP contribution in [0, 0.1) is 19.7 Å². The number of benzene rings is 1. The number of nitrogens with zero attached hydrogens (tertiary/aromatic N) is 3. The lowest BCUT2D eigenvalue weighted by Crippen LogP contribution is -2.29. The van der Waals surface area contributed by atoms with Crippen LogP contribution in [-0.2, 0) is 17.1 Å². The minimum absolute atomic E-state index is 0.0257. The Bertz CT molecular complexity index is 845. The first-order chi connectivity index (χ1) is 10.8. The van der Waals surface area contributed by atoms with Crippen LogP contribution in [0.5, 0.6) is 0 Å². The summed E-state index contributed by atoms with van der Waals surface area (Å²) >= 11 is 0. The molecule has 2 heterocycles. The standard InChI is InChI=1S/C16H20FN3O2S/c1-11-16(12(2)19(3)18-11)23(21,22)20-8-7-14(10-20)13-5-4-6-15(17)9-13/h4-6,9,14H,7-8,10H2,1-3H3. The minimum atomic E-state index is -3.57. The van der Waals surface area contributed by atoms with Crippen LogP contribution < -0.4 is 0 Å². The molecule has 1 saturated heterocycles. The van der Waals surface area contributed by atoms with Crippen molar-refractivity contribution in [2.24, 2.45) is 7.05 Å². The summed E-state index contributed by atoms with van der Waals surface area (Å²) in [6.07, 6.45) is 0.695. The van der Waals surface area contributed by atoms with Gasteiger partial charge in [0.1, 0.15) is 10.7 Å². The van der Waals surface area contributed by atoms with Gasteiger partial charge in [0.2, 0.25) is 10.0 Å². The molecule has 0 saturated carbocycles. The lowest BCUT2D eigenvalue weighted by Gasteiger charge is -2.17. The molecule has 23 heavy (non-hydrogen) atoms. The molecule has 0 amide bonds. The first-order valence-corrected chi connectivity index (χ1v) is 9.00. The number of hydrogen-bond acceptors (Lipinski definition) is 3. The maximum atomic E-state index is 13.4. The molecule has 1 aromatic carbocycles. The van der Waals surface area contributed by atoms with Crippen molar-refractivity contribution < 1.29 is 12.8 Å². The van der Waals surface area contributed by atoms with Crippen molar-refractivity contribution in [3.63, 3.8) is 0 Å². The maximum Gasteiger partial charge on any atom is 0.246 e. The van der Waals surface area contributed by atoms with Crippen LogP contribution in [0.3, 0.4) is 0 Å². The molecule has 1 atom stereocenters. The molecule has 0 spiro atoms. The summed E-state index contributed by atoms with van der Waals surface area (Å²) in [5, 5.41) is 4.20. The Balaban J connectivity index is 1.88. The van der Waals surface area contributed by atoms with Gasteiger partial charge in [-0.2, -0.15) is 9.40 Å². The molecule has 1 aromatic heterocycles. The van der Waals surface area contributed by atoms with Crippen molar-refractivity contribution in [2.75, 3.05) is 13.1 Å². The molecular formula is C16H20FN3O2S. The average Bonchev–Trinajstić information content (AvgIpc) is 3.05. The van der Waals surface area contributed by atoms with Crippen LogP contribution >= 0.6 is 0 Å². The zero-order valence-electron chi connectivity index (χ0n) is 13.5. The molecule has 124 valence electrons. The predicted octanol–water partition coefficient (Wildman–Crippen LogP) is 2.35. The second-order valence-corrected chi connectivity index (χ2v) is 7.90. The first kappa shape index (κ1) is 16.1. The first-order valence-electron chi connectivity index (χ1n) is 7.56. The van der Waals surface area contributed by atoms with Crippen molar-refractivity contribution in [1.82, 2.24) is 14.1 Å². The lowest BCUT2D eigenvalue weighted by atomic mass is 9.99. The van der Waals surface area contributed by atoms with Gasteiger partial charge in [0.15, 0.2) is 0 Å². The smallest absolute Gasteiger partial charge is 0.246 e. The maximum absolute atomic E-state index is 13.4. The van der Waals surface area contributed by atoms with E-state index in [1.807, 2.05) is 6.07 Å². The van der Waals surface area contributed by atoms with Crippen LogP contribution in [0.1, 0.15) is 29.3 Å². The molecule has 0 N–H and O–H groups in total. The molecule has 1 unspecified atom stereocenters. The largest absolute Gasteiger partial charge is 0.271 e. The lowest BCUT2D eigenvalue weighted by molar-refractivity contribution is 0.471. The Hall–Kier alpha value is -1.73. The summed E-state index contributed by atoms with van der Waals surface area (Å²) in [7, 11) is -1.84. The normalized spacial score (nSPS) is 19.4. The van der Waals surface area contributed by atoms with Crippen LogP contribution in [0.25, 0.3) is 0 Å². The molecule has 0 aliphatic carbocycles. The van der Waals surface area contributed by atoms with Gasteiger partial charge in [-0.15, -0.1) is 0 Å². The second-order valence-electron chi connectivity index (χ2n) is 6.03. The van der Waals surface area contributed by atoms with Crippen molar-refractivity contribution in [3.8, 4) is 0 Å². The minimum Gasteiger partial charge on any atom is -0.271 e. The second kappa shape index (κ2) is 5.72. The third-order valence-electron chi connectivity index (χ3n) is 4.51. The van der Waals surface area contributed by atoms with E-state index in [9.17, 15) is 12.8 Å². The van der Waals surface area contributed by atoms with Gasteiger partial charge in [-0.05, 0) is 43.9 Å². The Kier molecular flexibility index (Phi) is 4.01. The van der Waals surface area contributed by atoms with E-state index in [1.54, 1.807) is 31.6 Å². The summed E-state index contributed by atoms with van der Waals surface area (Å²) < 4.78 is 42.3. The predicted molar refractivity (Wildman–Crippen MR) is 85.2 cm³/mol. The highest BCUT2D eigenvalue weighted by Crippen LogP contribution is 2.32.